The van der Waals surface area contributed by atoms with Crippen molar-refractivity contribution in [2.24, 2.45) is 0 Å². The van der Waals surface area contributed by atoms with Crippen LogP contribution >= 0.6 is 11.6 Å². The maximum Gasteiger partial charge on any atom is 0.317 e. The number of carbonyl (C=O) groups is 1. The van der Waals surface area contributed by atoms with Gasteiger partial charge in [-0.3, -0.25) is 4.90 Å². The van der Waals surface area contributed by atoms with E-state index < -0.39 is 0 Å². The van der Waals surface area contributed by atoms with Crippen LogP contribution in [0, 0.1) is 11.3 Å². The van der Waals surface area contributed by atoms with E-state index in [4.69, 9.17) is 26.3 Å². The van der Waals surface area contributed by atoms with Crippen molar-refractivity contribution in [1.29, 1.82) is 5.26 Å². The summed E-state index contributed by atoms with van der Waals surface area (Å²) in [4.78, 5) is 16.9. The first kappa shape index (κ1) is 26.5. The summed E-state index contributed by atoms with van der Waals surface area (Å²) in [5.41, 5.74) is 3.57. The van der Waals surface area contributed by atoms with E-state index in [-0.39, 0.29) is 12.1 Å². The molecule has 0 saturated carbocycles. The van der Waals surface area contributed by atoms with E-state index in [9.17, 15) is 4.79 Å². The second-order valence-electron chi connectivity index (χ2n) is 8.92. The van der Waals surface area contributed by atoms with Crippen molar-refractivity contribution in [3.05, 3.63) is 100 Å². The van der Waals surface area contributed by atoms with E-state index in [2.05, 4.69) is 16.3 Å². The van der Waals surface area contributed by atoms with Crippen molar-refractivity contribution >= 4 is 17.6 Å². The Morgan fingerprint density at radius 3 is 2.51 bits per heavy atom. The van der Waals surface area contributed by atoms with Crippen LogP contribution in [-0.2, 0) is 17.9 Å². The summed E-state index contributed by atoms with van der Waals surface area (Å²) in [5, 5.41) is 12.7. The summed E-state index contributed by atoms with van der Waals surface area (Å²) in [6.45, 7) is 4.29. The van der Waals surface area contributed by atoms with Crippen LogP contribution in [-0.4, -0.2) is 55.7 Å². The van der Waals surface area contributed by atoms with Gasteiger partial charge >= 0.3 is 6.03 Å². The molecule has 3 aromatic carbocycles. The first-order valence-electron chi connectivity index (χ1n) is 12.3. The van der Waals surface area contributed by atoms with E-state index in [1.165, 1.54) is 0 Å². The Labute approximate surface area is 223 Å². The number of nitriles is 1. The van der Waals surface area contributed by atoms with Crippen LogP contribution in [0.4, 0.5) is 4.79 Å². The zero-order chi connectivity index (χ0) is 26.0. The molecule has 1 aliphatic heterocycles. The lowest BCUT2D eigenvalue weighted by atomic mass is 10.1. The van der Waals surface area contributed by atoms with Crippen LogP contribution in [0.25, 0.3) is 0 Å². The van der Waals surface area contributed by atoms with Gasteiger partial charge in [-0.15, -0.1) is 0 Å². The molecule has 192 valence electrons. The van der Waals surface area contributed by atoms with E-state index in [0.717, 1.165) is 35.5 Å². The summed E-state index contributed by atoms with van der Waals surface area (Å²) >= 11 is 6.20. The maximum atomic E-state index is 12.7. The number of nitrogens with zero attached hydrogens (tertiary/aromatic N) is 3. The Morgan fingerprint density at radius 1 is 1.05 bits per heavy atom. The Kier molecular flexibility index (Phi) is 9.39. The predicted octanol–water partition coefficient (Wildman–Crippen LogP) is 5.01. The van der Waals surface area contributed by atoms with Crippen molar-refractivity contribution in [2.45, 2.75) is 19.3 Å². The molecule has 1 fully saturated rings. The molecule has 7 nitrogen and oxygen atoms in total. The molecule has 1 heterocycles. The number of nitrogens with one attached hydrogen (secondary N) is 1. The molecular weight excluding hydrogens is 488 g/mol. The second kappa shape index (κ2) is 13.1. The van der Waals surface area contributed by atoms with E-state index in [1.807, 2.05) is 65.6 Å². The van der Waals surface area contributed by atoms with Gasteiger partial charge in [-0.1, -0.05) is 54.1 Å². The summed E-state index contributed by atoms with van der Waals surface area (Å²) in [6, 6.07) is 25.0. The van der Waals surface area contributed by atoms with Crippen LogP contribution < -0.4 is 10.1 Å². The molecule has 0 spiro atoms. The molecule has 0 aliphatic carbocycles. The van der Waals surface area contributed by atoms with Gasteiger partial charge in [0.15, 0.2) is 0 Å². The van der Waals surface area contributed by atoms with Crippen molar-refractivity contribution in [1.82, 2.24) is 15.1 Å². The largest absolute Gasteiger partial charge is 0.497 e. The van der Waals surface area contributed by atoms with Crippen LogP contribution in [0.3, 0.4) is 0 Å². The smallest absolute Gasteiger partial charge is 0.317 e. The van der Waals surface area contributed by atoms with Gasteiger partial charge < -0.3 is 19.7 Å². The topological polar surface area (TPSA) is 77.8 Å². The predicted molar refractivity (Wildman–Crippen MR) is 143 cm³/mol. The molecule has 0 unspecified atom stereocenters. The number of hydrogen-bond acceptors (Lipinski definition) is 5. The third-order valence-electron chi connectivity index (χ3n) is 6.47. The molecule has 1 saturated heterocycles. The van der Waals surface area contributed by atoms with E-state index >= 15 is 0 Å². The van der Waals surface area contributed by atoms with Gasteiger partial charge in [0.05, 0.1) is 31.5 Å². The fraction of sp³-hybridized carbons (Fsp3) is 0.310. The molecule has 8 heteroatoms. The number of hydrogen-bond donors (Lipinski definition) is 1. The number of piperazine rings is 1. The number of rotatable bonds is 9. The zero-order valence-electron chi connectivity index (χ0n) is 20.9. The average molecular weight is 519 g/mol. The lowest BCUT2D eigenvalue weighted by Gasteiger charge is -2.36. The van der Waals surface area contributed by atoms with E-state index in [1.54, 1.807) is 19.2 Å². The van der Waals surface area contributed by atoms with Crippen molar-refractivity contribution in [3.63, 3.8) is 0 Å². The van der Waals surface area contributed by atoms with Crippen molar-refractivity contribution in [2.75, 3.05) is 39.8 Å². The molecule has 1 N–H and O–H groups in total. The molecule has 1 aliphatic rings. The standard InChI is InChI=1S/C29H31ClN4O3/c1-36-26-7-4-6-24(17-26)28(37-21-23-11-9-22(18-31)10-12-23)20-33-13-15-34(16-14-33)29(35)32-19-25-5-2-3-8-27(25)30/h2-12,17,28H,13-16,19-21H2,1H3,(H,32,35)/t28-/m0/s1. The summed E-state index contributed by atoms with van der Waals surface area (Å²) in [6.07, 6.45) is -0.175. The monoisotopic (exact) mass is 518 g/mol. The molecular formula is C29H31ClN4O3. The highest BCUT2D eigenvalue weighted by atomic mass is 35.5. The highest BCUT2D eigenvalue weighted by molar-refractivity contribution is 6.31. The van der Waals surface area contributed by atoms with Crippen molar-refractivity contribution < 1.29 is 14.3 Å². The highest BCUT2D eigenvalue weighted by Gasteiger charge is 2.24. The van der Waals surface area contributed by atoms with Crippen LogP contribution in [0.2, 0.25) is 5.02 Å². The number of amides is 2. The van der Waals surface area contributed by atoms with Gasteiger partial charge in [-0.05, 0) is 47.0 Å². The minimum absolute atomic E-state index is 0.0824. The van der Waals surface area contributed by atoms with Gasteiger partial charge in [0.25, 0.3) is 0 Å². The molecule has 0 aromatic heterocycles. The fourth-order valence-electron chi connectivity index (χ4n) is 4.26. The number of ether oxygens (including phenoxy) is 2. The first-order chi connectivity index (χ1) is 18.1. The third kappa shape index (κ3) is 7.46. The van der Waals surface area contributed by atoms with Crippen LogP contribution in [0.5, 0.6) is 5.75 Å². The highest BCUT2D eigenvalue weighted by Crippen LogP contribution is 2.25. The molecule has 0 radical (unpaired) electrons. The van der Waals surface area contributed by atoms with Gasteiger partial charge in [0.2, 0.25) is 0 Å². The van der Waals surface area contributed by atoms with Gasteiger partial charge in [0.1, 0.15) is 5.75 Å². The Balaban J connectivity index is 1.34. The summed E-state index contributed by atoms with van der Waals surface area (Å²) in [7, 11) is 1.65. The number of halogens is 1. The molecule has 3 aromatic rings. The van der Waals surface area contributed by atoms with Gasteiger partial charge in [0, 0.05) is 44.3 Å². The number of carbonyl (C=O) groups excluding carboxylic acids is 1. The number of methoxy groups -OCH3 is 1. The van der Waals surface area contributed by atoms with Crippen LogP contribution in [0.15, 0.2) is 72.8 Å². The van der Waals surface area contributed by atoms with Crippen LogP contribution in [0.1, 0.15) is 28.4 Å². The van der Waals surface area contributed by atoms with Gasteiger partial charge in [-0.2, -0.15) is 5.26 Å². The summed E-state index contributed by atoms with van der Waals surface area (Å²) in [5.74, 6) is 0.782. The van der Waals surface area contributed by atoms with E-state index in [0.29, 0.717) is 43.4 Å². The Bertz CT molecular complexity index is 1220. The Morgan fingerprint density at radius 2 is 1.81 bits per heavy atom. The minimum atomic E-state index is -0.175. The van der Waals surface area contributed by atoms with Gasteiger partial charge in [-0.25, -0.2) is 4.79 Å². The molecule has 1 atom stereocenters. The fourth-order valence-corrected chi connectivity index (χ4v) is 4.46. The average Bonchev–Trinajstić information content (AvgIpc) is 2.95. The molecule has 0 bridgehead atoms. The lowest BCUT2D eigenvalue weighted by molar-refractivity contribution is 0.00546. The lowest BCUT2D eigenvalue weighted by Crippen LogP contribution is -2.52. The summed E-state index contributed by atoms with van der Waals surface area (Å²) < 4.78 is 11.8. The Hall–Kier alpha value is -3.57. The number of benzene rings is 3. The SMILES string of the molecule is COc1cccc([C@H](CN2CCN(C(=O)NCc3ccccc3Cl)CC2)OCc2ccc(C#N)cc2)c1. The molecule has 2 amide bonds. The second-order valence-corrected chi connectivity index (χ2v) is 9.33. The first-order valence-corrected chi connectivity index (χ1v) is 12.7. The normalized spacial score (nSPS) is 14.6. The number of urea groups is 1. The molecule has 4 rings (SSSR count). The minimum Gasteiger partial charge on any atom is -0.497 e. The quantitative estimate of drug-likeness (QED) is 0.431. The zero-order valence-corrected chi connectivity index (χ0v) is 21.7. The third-order valence-corrected chi connectivity index (χ3v) is 6.84. The molecule has 37 heavy (non-hydrogen) atoms. The maximum absolute atomic E-state index is 12.7. The van der Waals surface area contributed by atoms with Crippen molar-refractivity contribution in [3.8, 4) is 11.8 Å².